The molecule has 0 amide bonds. The first-order valence-electron chi connectivity index (χ1n) is 12.8. The Balaban J connectivity index is 1.74. The Morgan fingerprint density at radius 3 is 1.83 bits per heavy atom. The van der Waals surface area contributed by atoms with Gasteiger partial charge in [-0.15, -0.1) is 0 Å². The van der Waals surface area contributed by atoms with E-state index in [0.29, 0.717) is 19.6 Å². The fourth-order valence-electron chi connectivity index (χ4n) is 3.91. The van der Waals surface area contributed by atoms with Crippen molar-refractivity contribution in [1.82, 2.24) is 0 Å². The number of esters is 2. The number of hydrogen-bond acceptors (Lipinski definition) is 4. The third kappa shape index (κ3) is 15.5. The van der Waals surface area contributed by atoms with Crippen LogP contribution in [0.1, 0.15) is 129 Å². The first-order chi connectivity index (χ1) is 14.7. The second-order valence-electron chi connectivity index (χ2n) is 8.71. The molecule has 0 spiro atoms. The fraction of sp³-hybridized carbons (Fsp3) is 0.846. The van der Waals surface area contributed by atoms with Crippen molar-refractivity contribution in [2.24, 2.45) is 0 Å². The molecule has 174 valence electrons. The highest BCUT2D eigenvalue weighted by Crippen LogP contribution is 2.15. The molecule has 0 aromatic rings. The number of cyclic esters (lactones) is 1. The van der Waals surface area contributed by atoms with Crippen LogP contribution in [0.15, 0.2) is 11.6 Å². The van der Waals surface area contributed by atoms with E-state index in [0.717, 1.165) is 37.7 Å². The van der Waals surface area contributed by atoms with Crippen LogP contribution in [0.3, 0.4) is 0 Å². The number of ether oxygens (including phenoxy) is 2. The number of carbonyl (C=O) groups excluding carboxylic acids is 2. The fourth-order valence-corrected chi connectivity index (χ4v) is 3.91. The Labute approximate surface area is 185 Å². The van der Waals surface area contributed by atoms with Gasteiger partial charge in [-0.3, -0.25) is 4.79 Å². The van der Waals surface area contributed by atoms with Crippen LogP contribution in [-0.2, 0) is 19.1 Å². The molecule has 0 aromatic heterocycles. The van der Waals surface area contributed by atoms with Crippen molar-refractivity contribution < 1.29 is 19.1 Å². The van der Waals surface area contributed by atoms with Gasteiger partial charge in [-0.25, -0.2) is 4.79 Å². The van der Waals surface area contributed by atoms with Gasteiger partial charge in [-0.2, -0.15) is 0 Å². The van der Waals surface area contributed by atoms with Crippen LogP contribution < -0.4 is 0 Å². The van der Waals surface area contributed by atoms with Crippen molar-refractivity contribution >= 4 is 11.9 Å². The molecule has 0 bridgehead atoms. The minimum absolute atomic E-state index is 0.0795. The summed E-state index contributed by atoms with van der Waals surface area (Å²) < 4.78 is 10.1. The minimum Gasteiger partial charge on any atom is -0.466 e. The quantitative estimate of drug-likeness (QED) is 0.142. The molecule has 0 aromatic carbocycles. The van der Waals surface area contributed by atoms with Crippen LogP contribution in [0.5, 0.6) is 0 Å². The summed E-state index contributed by atoms with van der Waals surface area (Å²) in [6, 6.07) is 0. The first-order valence-corrected chi connectivity index (χ1v) is 12.8. The molecule has 0 saturated heterocycles. The maximum atomic E-state index is 11.7. The molecule has 0 atom stereocenters. The van der Waals surface area contributed by atoms with E-state index in [4.69, 9.17) is 9.47 Å². The van der Waals surface area contributed by atoms with Crippen LogP contribution >= 0.6 is 0 Å². The average Bonchev–Trinajstić information content (AvgIpc) is 3.15. The van der Waals surface area contributed by atoms with Crippen molar-refractivity contribution in [1.29, 1.82) is 0 Å². The largest absolute Gasteiger partial charge is 0.466 e. The Morgan fingerprint density at radius 2 is 1.33 bits per heavy atom. The molecular weight excluding hydrogens is 376 g/mol. The normalized spacial score (nSPS) is 13.4. The molecule has 4 nitrogen and oxygen atoms in total. The maximum Gasteiger partial charge on any atom is 0.334 e. The van der Waals surface area contributed by atoms with Crippen LogP contribution in [0.4, 0.5) is 0 Å². The van der Waals surface area contributed by atoms with Crippen LogP contribution in [0.2, 0.25) is 0 Å². The summed E-state index contributed by atoms with van der Waals surface area (Å²) in [5, 5.41) is 0. The third-order valence-electron chi connectivity index (χ3n) is 5.89. The molecule has 1 aliphatic heterocycles. The van der Waals surface area contributed by atoms with Crippen molar-refractivity contribution in [2.75, 3.05) is 13.2 Å². The summed E-state index contributed by atoms with van der Waals surface area (Å²) in [7, 11) is 0. The van der Waals surface area contributed by atoms with Crippen molar-refractivity contribution in [2.45, 2.75) is 129 Å². The van der Waals surface area contributed by atoms with Crippen molar-refractivity contribution in [3.63, 3.8) is 0 Å². The van der Waals surface area contributed by atoms with Gasteiger partial charge in [0.15, 0.2) is 0 Å². The Kier molecular flexibility index (Phi) is 17.5. The molecule has 0 radical (unpaired) electrons. The van der Waals surface area contributed by atoms with Gasteiger partial charge in [0.05, 0.1) is 6.61 Å². The lowest BCUT2D eigenvalue weighted by atomic mass is 10.0. The Bertz CT molecular complexity index is 470. The molecule has 0 saturated carbocycles. The van der Waals surface area contributed by atoms with E-state index in [2.05, 4.69) is 6.92 Å². The van der Waals surface area contributed by atoms with Gasteiger partial charge in [-0.05, 0) is 31.8 Å². The lowest BCUT2D eigenvalue weighted by Gasteiger charge is -2.05. The molecule has 0 fully saturated rings. The summed E-state index contributed by atoms with van der Waals surface area (Å²) >= 11 is 0. The van der Waals surface area contributed by atoms with Gasteiger partial charge in [-0.1, -0.05) is 96.8 Å². The highest BCUT2D eigenvalue weighted by Gasteiger charge is 2.15. The van der Waals surface area contributed by atoms with Gasteiger partial charge in [0.1, 0.15) is 6.61 Å². The summed E-state index contributed by atoms with van der Waals surface area (Å²) in [5.41, 5.74) is 0.763. The lowest BCUT2D eigenvalue weighted by molar-refractivity contribution is -0.144. The third-order valence-corrected chi connectivity index (χ3v) is 5.89. The maximum absolute atomic E-state index is 11.7. The van der Waals surface area contributed by atoms with E-state index in [1.807, 2.05) is 6.08 Å². The van der Waals surface area contributed by atoms with E-state index in [9.17, 15) is 9.59 Å². The van der Waals surface area contributed by atoms with Gasteiger partial charge < -0.3 is 9.47 Å². The summed E-state index contributed by atoms with van der Waals surface area (Å²) in [6.07, 6.45) is 24.7. The highest BCUT2D eigenvalue weighted by molar-refractivity contribution is 5.90. The van der Waals surface area contributed by atoms with E-state index in [-0.39, 0.29) is 11.9 Å². The summed E-state index contributed by atoms with van der Waals surface area (Å²) in [6.45, 7) is 3.14. The predicted octanol–water partition coefficient (Wildman–Crippen LogP) is 7.44. The zero-order chi connectivity index (χ0) is 21.7. The topological polar surface area (TPSA) is 52.6 Å². The average molecular weight is 423 g/mol. The molecule has 0 aliphatic carbocycles. The smallest absolute Gasteiger partial charge is 0.334 e. The zero-order valence-electron chi connectivity index (χ0n) is 19.6. The second kappa shape index (κ2) is 19.6. The predicted molar refractivity (Wildman–Crippen MR) is 123 cm³/mol. The molecule has 1 aliphatic rings. The van der Waals surface area contributed by atoms with E-state index >= 15 is 0 Å². The van der Waals surface area contributed by atoms with Gasteiger partial charge in [0.2, 0.25) is 0 Å². The van der Waals surface area contributed by atoms with Gasteiger partial charge >= 0.3 is 11.9 Å². The van der Waals surface area contributed by atoms with E-state index < -0.39 is 0 Å². The number of carbonyl (C=O) groups is 2. The monoisotopic (exact) mass is 422 g/mol. The number of rotatable bonds is 21. The van der Waals surface area contributed by atoms with Crippen LogP contribution in [0.25, 0.3) is 0 Å². The minimum atomic E-state index is -0.194. The SMILES string of the molecule is CCCCCCCCCCCCCCCCCC(=O)OCCCCC1=CCOC1=O. The second-order valence-corrected chi connectivity index (χ2v) is 8.71. The summed E-state index contributed by atoms with van der Waals surface area (Å²) in [5.74, 6) is -0.274. The standard InChI is InChI=1S/C26H46O4/c1-2-3-4-5-6-7-8-9-10-11-12-13-14-15-16-20-25(27)29-22-18-17-19-24-21-23-30-26(24)28/h21H,2-20,22-23H2,1H3. The zero-order valence-corrected chi connectivity index (χ0v) is 19.6. The molecule has 4 heteroatoms. The van der Waals surface area contributed by atoms with Crippen LogP contribution in [0, 0.1) is 0 Å². The van der Waals surface area contributed by atoms with E-state index in [1.165, 1.54) is 83.5 Å². The Morgan fingerprint density at radius 1 is 0.800 bits per heavy atom. The Hall–Kier alpha value is -1.32. The molecule has 1 heterocycles. The number of unbranched alkanes of at least 4 members (excludes halogenated alkanes) is 15. The summed E-state index contributed by atoms with van der Waals surface area (Å²) in [4.78, 5) is 23.0. The van der Waals surface area contributed by atoms with Gasteiger partial charge in [0, 0.05) is 12.0 Å². The van der Waals surface area contributed by atoms with Crippen LogP contribution in [-0.4, -0.2) is 25.2 Å². The molecule has 0 unspecified atom stereocenters. The number of hydrogen-bond donors (Lipinski definition) is 0. The van der Waals surface area contributed by atoms with Gasteiger partial charge in [0.25, 0.3) is 0 Å². The molecular formula is C26H46O4. The first kappa shape index (κ1) is 26.7. The van der Waals surface area contributed by atoms with Crippen molar-refractivity contribution in [3.05, 3.63) is 11.6 Å². The molecule has 1 rings (SSSR count). The lowest BCUT2D eigenvalue weighted by Crippen LogP contribution is -2.06. The molecule has 30 heavy (non-hydrogen) atoms. The van der Waals surface area contributed by atoms with E-state index in [1.54, 1.807) is 0 Å². The highest BCUT2D eigenvalue weighted by atomic mass is 16.5. The van der Waals surface area contributed by atoms with Crippen molar-refractivity contribution in [3.8, 4) is 0 Å². The molecule has 0 N–H and O–H groups in total.